The number of nitrogens with zero attached hydrogens (tertiary/aromatic N) is 4. The fourth-order valence-electron chi connectivity index (χ4n) is 4.47. The number of hydrogen-bond acceptors (Lipinski definition) is 5. The summed E-state index contributed by atoms with van der Waals surface area (Å²) < 4.78 is 2.01. The minimum atomic E-state index is 0.281. The summed E-state index contributed by atoms with van der Waals surface area (Å²) in [4.78, 5) is 8.66. The van der Waals surface area contributed by atoms with Crippen LogP contribution in [0.1, 0.15) is 54.6 Å². The number of pyridine rings is 1. The van der Waals surface area contributed by atoms with Gasteiger partial charge in [-0.25, -0.2) is 4.98 Å². The Labute approximate surface area is 231 Å². The molecule has 2 aromatic heterocycles. The second kappa shape index (κ2) is 12.9. The lowest BCUT2D eigenvalue weighted by Crippen LogP contribution is -2.12. The van der Waals surface area contributed by atoms with Crippen molar-refractivity contribution in [3.8, 4) is 0 Å². The monoisotopic (exact) mass is 518 g/mol. The van der Waals surface area contributed by atoms with Crippen LogP contribution in [0.5, 0.6) is 0 Å². The van der Waals surface area contributed by atoms with Crippen LogP contribution in [0.2, 0.25) is 0 Å². The Hall–Kier alpha value is -4.45. The third-order valence-electron chi connectivity index (χ3n) is 6.60. The van der Waals surface area contributed by atoms with Crippen LogP contribution in [0.4, 0.5) is 5.82 Å². The van der Waals surface area contributed by atoms with E-state index < -0.39 is 0 Å². The average Bonchev–Trinajstić information content (AvgIpc) is 3.35. The van der Waals surface area contributed by atoms with Crippen molar-refractivity contribution in [1.29, 1.82) is 0 Å². The fraction of sp³-hybridized carbons (Fsp3) is 0.242. The Morgan fingerprint density at radius 2 is 1.85 bits per heavy atom. The molecule has 200 valence electrons. The van der Waals surface area contributed by atoms with E-state index in [2.05, 4.69) is 84.9 Å². The van der Waals surface area contributed by atoms with Crippen molar-refractivity contribution in [2.75, 3.05) is 12.3 Å². The second-order valence-corrected chi connectivity index (χ2v) is 10.1. The molecule has 0 saturated heterocycles. The maximum Gasteiger partial charge on any atom is 0.131 e. The summed E-state index contributed by atoms with van der Waals surface area (Å²) in [7, 11) is 0. The van der Waals surface area contributed by atoms with Gasteiger partial charge in [-0.3, -0.25) is 9.67 Å². The van der Waals surface area contributed by atoms with E-state index in [0.717, 1.165) is 51.8 Å². The summed E-state index contributed by atoms with van der Waals surface area (Å²) in [5.74, 6) is 0.834. The van der Waals surface area contributed by atoms with Gasteiger partial charge in [-0.05, 0) is 59.0 Å². The Balaban J connectivity index is 1.38. The molecule has 4 aromatic rings. The third-order valence-corrected chi connectivity index (χ3v) is 6.60. The zero-order valence-corrected chi connectivity index (χ0v) is 23.2. The molecule has 0 saturated carbocycles. The molecule has 0 fully saturated rings. The van der Waals surface area contributed by atoms with Crippen LogP contribution < -0.4 is 11.1 Å². The standard InChI is InChI=1S/C33H38N6/c1-6-7-24(4)19-35-16-14-26-8-10-27(11-9-26)21-39-22-31(32(38-39)23(2)3)25(5)37-20-28-12-13-30-29(18-28)15-17-36-33(30)34/h6-13,15,17-19,22-23,37H,1,5,14,16,20-21H2,2-4H3,(H2,34,36)/b24-7-,35-19?. The minimum absolute atomic E-state index is 0.281. The van der Waals surface area contributed by atoms with Crippen LogP contribution in [0.3, 0.4) is 0 Å². The number of nitrogen functional groups attached to an aromatic ring is 1. The molecule has 2 heterocycles. The van der Waals surface area contributed by atoms with Crippen molar-refractivity contribution in [2.45, 2.75) is 46.2 Å². The highest BCUT2D eigenvalue weighted by atomic mass is 15.3. The van der Waals surface area contributed by atoms with E-state index in [4.69, 9.17) is 10.8 Å². The number of anilines is 1. The number of allylic oxidation sites excluding steroid dienone is 3. The van der Waals surface area contributed by atoms with Gasteiger partial charge in [0.15, 0.2) is 0 Å². The quantitative estimate of drug-likeness (QED) is 0.162. The zero-order valence-electron chi connectivity index (χ0n) is 23.2. The van der Waals surface area contributed by atoms with E-state index in [-0.39, 0.29) is 5.92 Å². The van der Waals surface area contributed by atoms with Crippen molar-refractivity contribution in [3.05, 3.63) is 120 Å². The molecule has 0 atom stereocenters. The second-order valence-electron chi connectivity index (χ2n) is 10.1. The number of benzene rings is 2. The van der Waals surface area contributed by atoms with Gasteiger partial charge in [0.1, 0.15) is 5.82 Å². The van der Waals surface area contributed by atoms with Gasteiger partial charge in [0.2, 0.25) is 0 Å². The van der Waals surface area contributed by atoms with Gasteiger partial charge in [0, 0.05) is 48.3 Å². The predicted molar refractivity (Wildman–Crippen MR) is 165 cm³/mol. The largest absolute Gasteiger partial charge is 0.383 e. The highest BCUT2D eigenvalue weighted by Crippen LogP contribution is 2.24. The average molecular weight is 519 g/mol. The van der Waals surface area contributed by atoms with Crippen molar-refractivity contribution in [1.82, 2.24) is 20.1 Å². The van der Waals surface area contributed by atoms with Crippen molar-refractivity contribution in [2.24, 2.45) is 4.99 Å². The number of aromatic nitrogens is 3. The smallest absolute Gasteiger partial charge is 0.131 e. The first kappa shape index (κ1) is 27.6. The summed E-state index contributed by atoms with van der Waals surface area (Å²) >= 11 is 0. The van der Waals surface area contributed by atoms with Gasteiger partial charge >= 0.3 is 0 Å². The number of nitrogens with one attached hydrogen (secondary N) is 1. The molecule has 0 aliphatic carbocycles. The molecule has 0 radical (unpaired) electrons. The lowest BCUT2D eigenvalue weighted by molar-refractivity contribution is 0.657. The molecular weight excluding hydrogens is 480 g/mol. The first-order valence-corrected chi connectivity index (χ1v) is 13.3. The predicted octanol–water partition coefficient (Wildman–Crippen LogP) is 6.69. The van der Waals surface area contributed by atoms with E-state index in [1.54, 1.807) is 12.3 Å². The van der Waals surface area contributed by atoms with Gasteiger partial charge in [-0.2, -0.15) is 5.10 Å². The molecule has 4 rings (SSSR count). The minimum Gasteiger partial charge on any atom is -0.383 e. The van der Waals surface area contributed by atoms with Gasteiger partial charge in [-0.1, -0.05) is 75.6 Å². The fourth-order valence-corrected chi connectivity index (χ4v) is 4.47. The topological polar surface area (TPSA) is 81.1 Å². The van der Waals surface area contributed by atoms with E-state index in [9.17, 15) is 0 Å². The molecule has 0 amide bonds. The number of aliphatic imine (C=N–C) groups is 1. The molecule has 0 aliphatic rings. The number of rotatable bonds is 12. The first-order valence-electron chi connectivity index (χ1n) is 13.3. The summed E-state index contributed by atoms with van der Waals surface area (Å²) in [6, 6.07) is 16.9. The highest BCUT2D eigenvalue weighted by Gasteiger charge is 2.15. The third kappa shape index (κ3) is 7.32. The molecule has 39 heavy (non-hydrogen) atoms. The van der Waals surface area contributed by atoms with E-state index in [1.807, 2.05) is 36.0 Å². The first-order chi connectivity index (χ1) is 18.8. The summed E-state index contributed by atoms with van der Waals surface area (Å²) in [6.07, 6.45) is 10.4. The molecule has 0 aliphatic heterocycles. The number of fused-ring (bicyclic) bond motifs is 1. The van der Waals surface area contributed by atoms with Gasteiger partial charge in [0.05, 0.1) is 12.2 Å². The summed E-state index contributed by atoms with van der Waals surface area (Å²) in [5.41, 5.74) is 13.7. The van der Waals surface area contributed by atoms with E-state index in [1.165, 1.54) is 11.1 Å². The lowest BCUT2D eigenvalue weighted by atomic mass is 10.0. The Morgan fingerprint density at radius 3 is 2.59 bits per heavy atom. The Kier molecular flexibility index (Phi) is 9.10. The molecule has 6 heteroatoms. The van der Waals surface area contributed by atoms with Crippen molar-refractivity contribution >= 4 is 28.5 Å². The van der Waals surface area contributed by atoms with Crippen LogP contribution in [0, 0.1) is 0 Å². The summed E-state index contributed by atoms with van der Waals surface area (Å²) in [5, 5.41) is 10.5. The Morgan fingerprint density at radius 1 is 1.10 bits per heavy atom. The molecule has 6 nitrogen and oxygen atoms in total. The molecule has 0 spiro atoms. The van der Waals surface area contributed by atoms with Gasteiger partial charge in [-0.15, -0.1) is 0 Å². The van der Waals surface area contributed by atoms with Gasteiger partial charge in [0.25, 0.3) is 0 Å². The van der Waals surface area contributed by atoms with Crippen LogP contribution in [0.15, 0.2) is 96.8 Å². The van der Waals surface area contributed by atoms with Crippen molar-refractivity contribution < 1.29 is 0 Å². The molecular formula is C33H38N6. The summed E-state index contributed by atoms with van der Waals surface area (Å²) in [6.45, 7) is 16.5. The van der Waals surface area contributed by atoms with Crippen molar-refractivity contribution in [3.63, 3.8) is 0 Å². The van der Waals surface area contributed by atoms with Crippen LogP contribution in [-0.2, 0) is 19.5 Å². The molecule has 0 bridgehead atoms. The van der Waals surface area contributed by atoms with Crippen LogP contribution >= 0.6 is 0 Å². The van der Waals surface area contributed by atoms with Crippen LogP contribution in [-0.4, -0.2) is 27.5 Å². The maximum atomic E-state index is 6.00. The van der Waals surface area contributed by atoms with E-state index in [0.29, 0.717) is 18.9 Å². The SMILES string of the molecule is C=C/C=C(/C)C=NCCc1ccc(Cn2cc(C(=C)NCc3ccc4c(N)nccc4c3)c(C(C)C)n2)cc1. The Bertz CT molecular complexity index is 1510. The molecule has 0 unspecified atom stereocenters. The maximum absolute atomic E-state index is 6.00. The molecule has 2 aromatic carbocycles. The lowest BCUT2D eigenvalue weighted by Gasteiger charge is -2.12. The number of hydrogen-bond donors (Lipinski definition) is 2. The zero-order chi connectivity index (χ0) is 27.8. The normalized spacial score (nSPS) is 11.9. The van der Waals surface area contributed by atoms with Gasteiger partial charge < -0.3 is 11.1 Å². The highest BCUT2D eigenvalue weighted by molar-refractivity contribution is 5.91. The van der Waals surface area contributed by atoms with Crippen LogP contribution in [0.25, 0.3) is 16.5 Å². The number of nitrogens with two attached hydrogens (primary N) is 1. The molecule has 3 N–H and O–H groups in total. The van der Waals surface area contributed by atoms with E-state index >= 15 is 0 Å².